The van der Waals surface area contributed by atoms with Crippen LogP contribution in [-0.2, 0) is 24.3 Å². The van der Waals surface area contributed by atoms with Gasteiger partial charge in [0, 0.05) is 30.4 Å². The van der Waals surface area contributed by atoms with Gasteiger partial charge >= 0.3 is 0 Å². The van der Waals surface area contributed by atoms with E-state index in [0.717, 1.165) is 30.8 Å². The maximum atomic E-state index is 13.1. The standard InChI is InChI=1S/C38H37NOS.C2H6/c1-30-17-24-37(25-18-30)41-38(40)26-23-36(27-31-19-21-35(22-20-31)34-15-9-4-10-16-34)39(28-32-11-5-2-6-12-32)29-33-13-7-3-8-14-33;1-2/h2-22,24-25,36H,23,26-29H2,1H3;1-2H3/t36-;/m0./s1. The Morgan fingerprint density at radius 3 is 1.63 bits per heavy atom. The summed E-state index contributed by atoms with van der Waals surface area (Å²) in [5.41, 5.74) is 7.52. The van der Waals surface area contributed by atoms with Crippen molar-refractivity contribution in [3.63, 3.8) is 0 Å². The molecule has 5 aromatic carbocycles. The van der Waals surface area contributed by atoms with Gasteiger partial charge in [-0.05, 0) is 59.7 Å². The number of benzene rings is 5. The number of carbonyl (C=O) groups is 1. The van der Waals surface area contributed by atoms with Crippen LogP contribution in [0, 0.1) is 6.92 Å². The first kappa shape index (κ1) is 32.0. The second kappa shape index (κ2) is 17.3. The maximum Gasteiger partial charge on any atom is 0.193 e. The quantitative estimate of drug-likeness (QED) is 0.136. The van der Waals surface area contributed by atoms with Crippen molar-refractivity contribution < 1.29 is 4.79 Å². The lowest BCUT2D eigenvalue weighted by Crippen LogP contribution is -2.36. The highest BCUT2D eigenvalue weighted by atomic mass is 32.2. The molecule has 220 valence electrons. The fraction of sp³-hybridized carbons (Fsp3) is 0.225. The van der Waals surface area contributed by atoms with Crippen LogP contribution in [0.3, 0.4) is 0 Å². The summed E-state index contributed by atoms with van der Waals surface area (Å²) in [5.74, 6) is 0. The van der Waals surface area contributed by atoms with Crippen molar-refractivity contribution in [2.75, 3.05) is 0 Å². The van der Waals surface area contributed by atoms with Crippen LogP contribution in [0.15, 0.2) is 144 Å². The van der Waals surface area contributed by atoms with Crippen molar-refractivity contribution in [1.29, 1.82) is 0 Å². The molecule has 2 nitrogen and oxygen atoms in total. The minimum Gasteiger partial charge on any atom is -0.292 e. The molecule has 0 heterocycles. The van der Waals surface area contributed by atoms with E-state index in [1.807, 2.05) is 26.0 Å². The second-order valence-electron chi connectivity index (χ2n) is 10.6. The third-order valence-electron chi connectivity index (χ3n) is 7.44. The normalized spacial score (nSPS) is 11.4. The lowest BCUT2D eigenvalue weighted by atomic mass is 9.97. The second-order valence-corrected chi connectivity index (χ2v) is 11.8. The third kappa shape index (κ3) is 10.4. The van der Waals surface area contributed by atoms with Crippen LogP contribution < -0.4 is 0 Å². The van der Waals surface area contributed by atoms with E-state index in [4.69, 9.17) is 0 Å². The molecule has 43 heavy (non-hydrogen) atoms. The zero-order valence-electron chi connectivity index (χ0n) is 25.7. The van der Waals surface area contributed by atoms with Gasteiger partial charge in [-0.15, -0.1) is 0 Å². The van der Waals surface area contributed by atoms with Gasteiger partial charge in [-0.1, -0.05) is 159 Å². The molecule has 0 aliphatic carbocycles. The van der Waals surface area contributed by atoms with Crippen molar-refractivity contribution >= 4 is 16.9 Å². The molecule has 0 fully saturated rings. The topological polar surface area (TPSA) is 20.3 Å². The number of thioether (sulfide) groups is 1. The molecular weight excluding hydrogens is 543 g/mol. The Hall–Kier alpha value is -3.92. The molecule has 0 aromatic heterocycles. The summed E-state index contributed by atoms with van der Waals surface area (Å²) in [6.45, 7) is 7.74. The van der Waals surface area contributed by atoms with Gasteiger partial charge in [-0.3, -0.25) is 9.69 Å². The van der Waals surface area contributed by atoms with Crippen molar-refractivity contribution in [2.24, 2.45) is 0 Å². The molecule has 0 saturated heterocycles. The summed E-state index contributed by atoms with van der Waals surface area (Å²) in [7, 11) is 0. The molecule has 0 amide bonds. The smallest absolute Gasteiger partial charge is 0.193 e. The molecule has 5 aromatic rings. The molecule has 0 aliphatic rings. The molecule has 0 spiro atoms. The first-order chi connectivity index (χ1) is 21.1. The predicted molar refractivity (Wildman–Crippen MR) is 184 cm³/mol. The summed E-state index contributed by atoms with van der Waals surface area (Å²) in [5, 5.41) is 0.220. The van der Waals surface area contributed by atoms with E-state index in [2.05, 4.69) is 139 Å². The van der Waals surface area contributed by atoms with E-state index in [0.29, 0.717) is 6.42 Å². The Bertz CT molecular complexity index is 1440. The fourth-order valence-corrected chi connectivity index (χ4v) is 5.93. The monoisotopic (exact) mass is 585 g/mol. The van der Waals surface area contributed by atoms with Gasteiger partial charge in [0.15, 0.2) is 5.12 Å². The zero-order chi connectivity index (χ0) is 30.3. The van der Waals surface area contributed by atoms with Crippen molar-refractivity contribution in [1.82, 2.24) is 4.90 Å². The first-order valence-corrected chi connectivity index (χ1v) is 16.2. The summed E-state index contributed by atoms with van der Waals surface area (Å²) >= 11 is 1.36. The molecule has 0 N–H and O–H groups in total. The first-order valence-electron chi connectivity index (χ1n) is 15.4. The Morgan fingerprint density at radius 2 is 1.09 bits per heavy atom. The maximum absolute atomic E-state index is 13.1. The Balaban J connectivity index is 0.00000207. The number of carbonyl (C=O) groups excluding carboxylic acids is 1. The summed E-state index contributed by atoms with van der Waals surface area (Å²) in [6.07, 6.45) is 2.22. The van der Waals surface area contributed by atoms with E-state index in [-0.39, 0.29) is 11.2 Å². The minimum absolute atomic E-state index is 0.209. The molecular formula is C40H43NOS. The van der Waals surface area contributed by atoms with Crippen LogP contribution in [-0.4, -0.2) is 16.1 Å². The minimum atomic E-state index is 0.209. The molecule has 0 saturated carbocycles. The number of hydrogen-bond acceptors (Lipinski definition) is 3. The van der Waals surface area contributed by atoms with Crippen molar-refractivity contribution in [3.05, 3.63) is 162 Å². The molecule has 0 aliphatic heterocycles. The van der Waals surface area contributed by atoms with E-state index >= 15 is 0 Å². The molecule has 1 atom stereocenters. The lowest BCUT2D eigenvalue weighted by molar-refractivity contribution is -0.111. The zero-order valence-corrected chi connectivity index (χ0v) is 26.5. The van der Waals surface area contributed by atoms with E-state index in [9.17, 15) is 4.79 Å². The van der Waals surface area contributed by atoms with Crippen LogP contribution in [0.5, 0.6) is 0 Å². The average Bonchev–Trinajstić information content (AvgIpc) is 3.06. The summed E-state index contributed by atoms with van der Waals surface area (Å²) < 4.78 is 0. The Kier molecular flexibility index (Phi) is 12.8. The molecule has 0 bridgehead atoms. The van der Waals surface area contributed by atoms with Crippen LogP contribution in [0.2, 0.25) is 0 Å². The highest BCUT2D eigenvalue weighted by molar-refractivity contribution is 8.13. The Labute approximate surface area is 262 Å². The lowest BCUT2D eigenvalue weighted by Gasteiger charge is -2.32. The van der Waals surface area contributed by atoms with Gasteiger partial charge < -0.3 is 0 Å². The summed E-state index contributed by atoms with van der Waals surface area (Å²) in [4.78, 5) is 16.7. The Morgan fingerprint density at radius 1 is 0.605 bits per heavy atom. The van der Waals surface area contributed by atoms with Gasteiger partial charge in [0.25, 0.3) is 0 Å². The molecule has 0 radical (unpaired) electrons. The highest BCUT2D eigenvalue weighted by Crippen LogP contribution is 2.26. The van der Waals surface area contributed by atoms with Gasteiger partial charge in [-0.2, -0.15) is 0 Å². The third-order valence-corrected chi connectivity index (χ3v) is 8.38. The van der Waals surface area contributed by atoms with Gasteiger partial charge in [0.2, 0.25) is 0 Å². The summed E-state index contributed by atoms with van der Waals surface area (Å²) in [6, 6.07) is 49.2. The predicted octanol–water partition coefficient (Wildman–Crippen LogP) is 10.4. The molecule has 5 rings (SSSR count). The largest absolute Gasteiger partial charge is 0.292 e. The van der Waals surface area contributed by atoms with Crippen molar-refractivity contribution in [3.8, 4) is 11.1 Å². The number of hydrogen-bond donors (Lipinski definition) is 0. The van der Waals surface area contributed by atoms with E-state index in [1.165, 1.54) is 45.1 Å². The highest BCUT2D eigenvalue weighted by Gasteiger charge is 2.22. The molecule has 3 heteroatoms. The van der Waals surface area contributed by atoms with E-state index < -0.39 is 0 Å². The van der Waals surface area contributed by atoms with Gasteiger partial charge in [0.1, 0.15) is 0 Å². The SMILES string of the molecule is CC.Cc1ccc(SC(=O)CC[C@@H](Cc2ccc(-c3ccccc3)cc2)N(Cc2ccccc2)Cc2ccccc2)cc1. The fourth-order valence-electron chi connectivity index (χ4n) is 5.17. The van der Waals surface area contributed by atoms with Crippen LogP contribution in [0.4, 0.5) is 0 Å². The average molecular weight is 586 g/mol. The number of rotatable bonds is 12. The van der Waals surface area contributed by atoms with Gasteiger partial charge in [0.05, 0.1) is 0 Å². The number of nitrogens with zero attached hydrogens (tertiary/aromatic N) is 1. The van der Waals surface area contributed by atoms with Crippen LogP contribution >= 0.6 is 11.8 Å². The van der Waals surface area contributed by atoms with E-state index in [1.54, 1.807) is 0 Å². The number of aryl methyl sites for hydroxylation is 1. The molecule has 0 unspecified atom stereocenters. The van der Waals surface area contributed by atoms with Crippen LogP contribution in [0.25, 0.3) is 11.1 Å². The van der Waals surface area contributed by atoms with Gasteiger partial charge in [-0.25, -0.2) is 0 Å². The van der Waals surface area contributed by atoms with Crippen molar-refractivity contribution in [2.45, 2.75) is 64.1 Å². The van der Waals surface area contributed by atoms with Crippen LogP contribution in [0.1, 0.15) is 48.9 Å².